The standard InChI is InChI=1S/C15H18O2S.2C2H6/c1-3-4-5-12(2)11-18-13-6-7-14-15(10-13)17-9-8-16-14;2*1-2/h4-7,10H,2-3,8-9,11H2,1H3;2*1-2H3/b5-4-;;. The average molecular weight is 323 g/mol. The molecule has 1 aromatic carbocycles. The molecule has 0 fully saturated rings. The summed E-state index contributed by atoms with van der Waals surface area (Å²) in [6.45, 7) is 15.4. The van der Waals surface area contributed by atoms with Gasteiger partial charge in [0.1, 0.15) is 13.2 Å². The Morgan fingerprint density at radius 1 is 1.14 bits per heavy atom. The van der Waals surface area contributed by atoms with Gasteiger partial charge in [0.05, 0.1) is 0 Å². The molecule has 1 aliphatic rings. The van der Waals surface area contributed by atoms with Gasteiger partial charge in [-0.2, -0.15) is 0 Å². The van der Waals surface area contributed by atoms with Gasteiger partial charge in [0.2, 0.25) is 0 Å². The molecule has 0 unspecified atom stereocenters. The first-order valence-corrected chi connectivity index (χ1v) is 9.15. The van der Waals surface area contributed by atoms with Gasteiger partial charge in [-0.05, 0) is 30.2 Å². The summed E-state index contributed by atoms with van der Waals surface area (Å²) in [6.07, 6.45) is 5.27. The monoisotopic (exact) mass is 322 g/mol. The van der Waals surface area contributed by atoms with Crippen LogP contribution in [0.2, 0.25) is 0 Å². The Bertz CT molecular complexity index is 453. The summed E-state index contributed by atoms with van der Waals surface area (Å²) in [4.78, 5) is 1.19. The smallest absolute Gasteiger partial charge is 0.162 e. The molecule has 22 heavy (non-hydrogen) atoms. The predicted octanol–water partition coefficient (Wildman–Crippen LogP) is 6.12. The van der Waals surface area contributed by atoms with Gasteiger partial charge in [0.25, 0.3) is 0 Å². The van der Waals surface area contributed by atoms with Crippen LogP contribution < -0.4 is 9.47 Å². The average Bonchev–Trinajstić information content (AvgIpc) is 2.61. The van der Waals surface area contributed by atoms with Crippen LogP contribution >= 0.6 is 11.8 Å². The van der Waals surface area contributed by atoms with Crippen LogP contribution in [0.25, 0.3) is 0 Å². The molecule has 1 aromatic rings. The minimum Gasteiger partial charge on any atom is -0.486 e. The van der Waals surface area contributed by atoms with Crippen LogP contribution in [0.1, 0.15) is 41.0 Å². The van der Waals surface area contributed by atoms with Crippen molar-refractivity contribution in [1.82, 2.24) is 0 Å². The zero-order valence-corrected chi connectivity index (χ0v) is 15.5. The van der Waals surface area contributed by atoms with Crippen molar-refractivity contribution in [2.24, 2.45) is 0 Å². The molecule has 3 heteroatoms. The summed E-state index contributed by atoms with van der Waals surface area (Å²) < 4.78 is 11.1. The molecule has 1 heterocycles. The van der Waals surface area contributed by atoms with Crippen LogP contribution in [0.15, 0.2) is 47.4 Å². The summed E-state index contributed by atoms with van der Waals surface area (Å²) in [5.74, 6) is 2.59. The number of benzene rings is 1. The van der Waals surface area contributed by atoms with Crippen molar-refractivity contribution in [3.8, 4) is 11.5 Å². The molecular weight excluding hydrogens is 292 g/mol. The molecule has 0 spiro atoms. The molecule has 0 saturated carbocycles. The first kappa shape index (κ1) is 20.6. The number of thioether (sulfide) groups is 1. The van der Waals surface area contributed by atoms with E-state index in [2.05, 4.69) is 31.7 Å². The van der Waals surface area contributed by atoms with E-state index in [1.807, 2.05) is 39.8 Å². The van der Waals surface area contributed by atoms with Gasteiger partial charge in [-0.3, -0.25) is 0 Å². The maximum absolute atomic E-state index is 5.56. The summed E-state index contributed by atoms with van der Waals surface area (Å²) >= 11 is 1.77. The van der Waals surface area contributed by atoms with Crippen molar-refractivity contribution in [3.05, 3.63) is 42.5 Å². The largest absolute Gasteiger partial charge is 0.486 e. The highest BCUT2D eigenvalue weighted by molar-refractivity contribution is 7.99. The highest BCUT2D eigenvalue weighted by Gasteiger charge is 2.11. The van der Waals surface area contributed by atoms with E-state index in [1.165, 1.54) is 4.90 Å². The van der Waals surface area contributed by atoms with Crippen molar-refractivity contribution in [2.75, 3.05) is 19.0 Å². The first-order chi connectivity index (χ1) is 10.8. The zero-order valence-electron chi connectivity index (χ0n) is 14.6. The van der Waals surface area contributed by atoms with Crippen molar-refractivity contribution < 1.29 is 9.47 Å². The fraction of sp³-hybridized carbons (Fsp3) is 0.474. The van der Waals surface area contributed by atoms with Crippen LogP contribution in [-0.2, 0) is 0 Å². The SMILES string of the molecule is C=C(/C=C\CC)CSc1ccc2c(c1)OCCO2.CC.CC. The van der Waals surface area contributed by atoms with E-state index in [0.717, 1.165) is 29.2 Å². The highest BCUT2D eigenvalue weighted by Crippen LogP contribution is 2.34. The quantitative estimate of drug-likeness (QED) is 0.480. The van der Waals surface area contributed by atoms with Gasteiger partial charge in [-0.15, -0.1) is 11.8 Å². The summed E-state index contributed by atoms with van der Waals surface area (Å²) in [5.41, 5.74) is 1.14. The Hall–Kier alpha value is -1.35. The molecule has 0 atom stereocenters. The van der Waals surface area contributed by atoms with Gasteiger partial charge in [-0.1, -0.05) is 53.3 Å². The lowest BCUT2D eigenvalue weighted by Gasteiger charge is -2.18. The van der Waals surface area contributed by atoms with Crippen LogP contribution in [0.4, 0.5) is 0 Å². The molecule has 0 saturated heterocycles. The van der Waals surface area contributed by atoms with Crippen LogP contribution in [-0.4, -0.2) is 19.0 Å². The van der Waals surface area contributed by atoms with Crippen LogP contribution in [0.5, 0.6) is 11.5 Å². The summed E-state index contributed by atoms with van der Waals surface area (Å²) in [5, 5.41) is 0. The number of rotatable bonds is 5. The van der Waals surface area contributed by atoms with E-state index in [-0.39, 0.29) is 0 Å². The molecule has 0 amide bonds. The normalized spacial score (nSPS) is 11.9. The van der Waals surface area contributed by atoms with Gasteiger partial charge < -0.3 is 9.47 Å². The van der Waals surface area contributed by atoms with Gasteiger partial charge >= 0.3 is 0 Å². The predicted molar refractivity (Wildman–Crippen MR) is 99.4 cm³/mol. The second-order valence-electron chi connectivity index (χ2n) is 4.06. The van der Waals surface area contributed by atoms with Gasteiger partial charge in [0, 0.05) is 10.6 Å². The Balaban J connectivity index is 0.00000102. The van der Waals surface area contributed by atoms with E-state index >= 15 is 0 Å². The lowest BCUT2D eigenvalue weighted by atomic mass is 10.3. The molecule has 0 radical (unpaired) electrons. The third-order valence-electron chi connectivity index (χ3n) is 2.53. The molecule has 0 aromatic heterocycles. The third-order valence-corrected chi connectivity index (χ3v) is 3.63. The molecule has 0 bridgehead atoms. The molecular formula is C19H30O2S. The van der Waals surface area contributed by atoms with Gasteiger partial charge in [-0.25, -0.2) is 0 Å². The van der Waals surface area contributed by atoms with E-state index < -0.39 is 0 Å². The minimum absolute atomic E-state index is 0.632. The minimum atomic E-state index is 0.632. The second kappa shape index (κ2) is 13.3. The Labute approximate surface area is 140 Å². The molecule has 2 nitrogen and oxygen atoms in total. The molecule has 2 rings (SSSR count). The third kappa shape index (κ3) is 7.60. The van der Waals surface area contributed by atoms with Crippen LogP contribution in [0, 0.1) is 0 Å². The van der Waals surface area contributed by atoms with Crippen LogP contribution in [0.3, 0.4) is 0 Å². The van der Waals surface area contributed by atoms with Crippen molar-refractivity contribution >= 4 is 11.8 Å². The fourth-order valence-electron chi connectivity index (χ4n) is 1.62. The second-order valence-corrected chi connectivity index (χ2v) is 5.11. The topological polar surface area (TPSA) is 18.5 Å². The number of fused-ring (bicyclic) bond motifs is 1. The van der Waals surface area contributed by atoms with E-state index in [4.69, 9.17) is 9.47 Å². The van der Waals surface area contributed by atoms with Crippen molar-refractivity contribution in [1.29, 1.82) is 0 Å². The van der Waals surface area contributed by atoms with Crippen molar-refractivity contribution in [3.63, 3.8) is 0 Å². The van der Waals surface area contributed by atoms with E-state index in [9.17, 15) is 0 Å². The Morgan fingerprint density at radius 2 is 1.77 bits per heavy atom. The fourth-order valence-corrected chi connectivity index (χ4v) is 2.43. The van der Waals surface area contributed by atoms with Crippen molar-refractivity contribution in [2.45, 2.75) is 45.9 Å². The molecule has 124 valence electrons. The lowest BCUT2D eigenvalue weighted by Crippen LogP contribution is -2.15. The number of hydrogen-bond acceptors (Lipinski definition) is 3. The zero-order chi connectivity index (χ0) is 16.8. The lowest BCUT2D eigenvalue weighted by molar-refractivity contribution is 0.171. The maximum atomic E-state index is 5.56. The molecule has 1 aliphatic heterocycles. The maximum Gasteiger partial charge on any atom is 0.162 e. The van der Waals surface area contributed by atoms with E-state index in [1.54, 1.807) is 11.8 Å². The van der Waals surface area contributed by atoms with E-state index in [0.29, 0.717) is 13.2 Å². The highest BCUT2D eigenvalue weighted by atomic mass is 32.2. The summed E-state index contributed by atoms with van der Waals surface area (Å²) in [7, 11) is 0. The van der Waals surface area contributed by atoms with Gasteiger partial charge in [0.15, 0.2) is 11.5 Å². The summed E-state index contributed by atoms with van der Waals surface area (Å²) in [6, 6.07) is 6.08. The number of hydrogen-bond donors (Lipinski definition) is 0. The Kier molecular flexibility index (Phi) is 12.5. The molecule has 0 aliphatic carbocycles. The molecule has 0 N–H and O–H groups in total. The number of allylic oxidation sites excluding steroid dienone is 2. The Morgan fingerprint density at radius 3 is 2.41 bits per heavy atom. The first-order valence-electron chi connectivity index (χ1n) is 8.16. The number of ether oxygens (including phenoxy) is 2.